The van der Waals surface area contributed by atoms with Crippen LogP contribution in [-0.4, -0.2) is 90.8 Å². The van der Waals surface area contributed by atoms with Crippen molar-refractivity contribution in [1.29, 1.82) is 0 Å². The molecule has 1 saturated heterocycles. The summed E-state index contributed by atoms with van der Waals surface area (Å²) in [6, 6.07) is 8.05. The Morgan fingerprint density at radius 2 is 1.72 bits per heavy atom. The largest absolute Gasteiger partial charge is 0.416 e. The topological polar surface area (TPSA) is 64.2 Å². The van der Waals surface area contributed by atoms with Crippen LogP contribution in [0.15, 0.2) is 53.8 Å². The van der Waals surface area contributed by atoms with Gasteiger partial charge in [0.15, 0.2) is 0 Å². The number of aromatic amines is 1. The van der Waals surface area contributed by atoms with Crippen LogP contribution in [0.4, 0.5) is 26.3 Å². The molecule has 2 aromatic carbocycles. The minimum absolute atomic E-state index is 0.0306. The third kappa shape index (κ3) is 8.50. The van der Waals surface area contributed by atoms with Gasteiger partial charge in [-0.15, -0.1) is 0 Å². The molecule has 1 amide bonds. The summed E-state index contributed by atoms with van der Waals surface area (Å²) in [6.07, 6.45) is -7.14. The van der Waals surface area contributed by atoms with Gasteiger partial charge in [-0.05, 0) is 63.7 Å². The van der Waals surface area contributed by atoms with E-state index < -0.39 is 41.0 Å². The lowest BCUT2D eigenvalue weighted by Gasteiger charge is -2.41. The SMILES string of the molecule is CC(CN1CCN(C(=O)c2cc(C(F)(F)F)cc(C(F)(F)F)c2)[C@H](Cc2c[nH]c3ccccc23)C1)=NOCCCN(C)C. The predicted octanol–water partition coefficient (Wildman–Crippen LogP) is 5.92. The molecule has 0 bridgehead atoms. The highest BCUT2D eigenvalue weighted by Gasteiger charge is 2.39. The van der Waals surface area contributed by atoms with E-state index in [9.17, 15) is 31.1 Å². The van der Waals surface area contributed by atoms with E-state index in [2.05, 4.69) is 15.0 Å². The predicted molar refractivity (Wildman–Crippen MR) is 152 cm³/mol. The molecular formula is C30H35F6N5O2. The van der Waals surface area contributed by atoms with Crippen LogP contribution in [0.1, 0.15) is 40.4 Å². The molecule has 43 heavy (non-hydrogen) atoms. The quantitative estimate of drug-likeness (QED) is 0.134. The minimum atomic E-state index is -5.05. The van der Waals surface area contributed by atoms with Gasteiger partial charge in [0.2, 0.25) is 0 Å². The highest BCUT2D eigenvalue weighted by molar-refractivity contribution is 5.95. The minimum Gasteiger partial charge on any atom is -0.396 e. The van der Waals surface area contributed by atoms with Crippen LogP contribution in [0.25, 0.3) is 10.9 Å². The summed E-state index contributed by atoms with van der Waals surface area (Å²) >= 11 is 0. The number of alkyl halides is 6. The van der Waals surface area contributed by atoms with Crippen LogP contribution >= 0.6 is 0 Å². The molecule has 0 unspecified atom stereocenters. The first-order valence-corrected chi connectivity index (χ1v) is 13.9. The molecule has 1 fully saturated rings. The van der Waals surface area contributed by atoms with E-state index in [4.69, 9.17) is 4.84 Å². The maximum absolute atomic E-state index is 13.7. The van der Waals surface area contributed by atoms with E-state index in [0.717, 1.165) is 29.4 Å². The van der Waals surface area contributed by atoms with Gasteiger partial charge in [0.25, 0.3) is 5.91 Å². The van der Waals surface area contributed by atoms with Crippen molar-refractivity contribution in [2.24, 2.45) is 5.16 Å². The number of fused-ring (bicyclic) bond motifs is 1. The number of nitrogens with one attached hydrogen (secondary N) is 1. The van der Waals surface area contributed by atoms with Crippen LogP contribution in [0.5, 0.6) is 0 Å². The zero-order chi connectivity index (χ0) is 31.4. The van der Waals surface area contributed by atoms with Gasteiger partial charge in [0.05, 0.1) is 16.8 Å². The summed E-state index contributed by atoms with van der Waals surface area (Å²) in [5, 5.41) is 5.11. The summed E-state index contributed by atoms with van der Waals surface area (Å²) in [7, 11) is 3.93. The molecule has 7 nitrogen and oxygen atoms in total. The summed E-state index contributed by atoms with van der Waals surface area (Å²) < 4.78 is 81.2. The van der Waals surface area contributed by atoms with E-state index in [1.807, 2.05) is 56.4 Å². The highest BCUT2D eigenvalue weighted by Crippen LogP contribution is 2.37. The Morgan fingerprint density at radius 3 is 2.37 bits per heavy atom. The van der Waals surface area contributed by atoms with E-state index >= 15 is 0 Å². The zero-order valence-corrected chi connectivity index (χ0v) is 24.2. The lowest BCUT2D eigenvalue weighted by atomic mass is 9.98. The Morgan fingerprint density at radius 1 is 1.05 bits per heavy atom. The van der Waals surface area contributed by atoms with Crippen molar-refractivity contribution in [1.82, 2.24) is 19.7 Å². The molecule has 1 atom stereocenters. The van der Waals surface area contributed by atoms with Crippen molar-refractivity contribution in [3.63, 3.8) is 0 Å². The summed E-state index contributed by atoms with van der Waals surface area (Å²) in [4.78, 5) is 27.7. The van der Waals surface area contributed by atoms with Gasteiger partial charge in [-0.3, -0.25) is 9.69 Å². The Bertz CT molecular complexity index is 1400. The average Bonchev–Trinajstić information content (AvgIpc) is 3.34. The van der Waals surface area contributed by atoms with Crippen LogP contribution in [-0.2, 0) is 23.6 Å². The fourth-order valence-corrected chi connectivity index (χ4v) is 5.26. The number of rotatable bonds is 10. The Kier molecular flexibility index (Phi) is 10.1. The third-order valence-electron chi connectivity index (χ3n) is 7.31. The van der Waals surface area contributed by atoms with Crippen molar-refractivity contribution in [3.8, 4) is 0 Å². The standard InChI is InChI=1S/C30H35F6N5O2/c1-20(38-43-12-6-9-39(2)3)18-40-10-11-41(25(19-40)15-22-17-37-27-8-5-4-7-26(22)27)28(42)21-13-23(29(31,32)33)16-24(14-21)30(34,35)36/h4-5,7-8,13-14,16-17,25,37H,6,9-12,15,18-19H2,1-3H3/t25-/m1/s1. The Balaban J connectivity index is 1.59. The number of aromatic nitrogens is 1. The normalized spacial score (nSPS) is 17.2. The van der Waals surface area contributed by atoms with Crippen LogP contribution < -0.4 is 0 Å². The molecule has 2 heterocycles. The molecule has 1 aromatic heterocycles. The number of halogens is 6. The number of hydrogen-bond acceptors (Lipinski definition) is 5. The monoisotopic (exact) mass is 611 g/mol. The van der Waals surface area contributed by atoms with Crippen molar-refractivity contribution < 1.29 is 36.0 Å². The molecule has 0 saturated carbocycles. The van der Waals surface area contributed by atoms with Gasteiger partial charge in [0.1, 0.15) is 6.61 Å². The number of carbonyl (C=O) groups excluding carboxylic acids is 1. The Hall–Kier alpha value is -3.58. The summed E-state index contributed by atoms with van der Waals surface area (Å²) in [5.74, 6) is -0.879. The molecule has 0 aliphatic carbocycles. The molecule has 0 spiro atoms. The molecule has 4 rings (SSSR count). The highest BCUT2D eigenvalue weighted by atomic mass is 19.4. The van der Waals surface area contributed by atoms with Crippen LogP contribution in [0, 0.1) is 0 Å². The molecule has 1 aliphatic heterocycles. The lowest BCUT2D eigenvalue weighted by molar-refractivity contribution is -0.143. The Labute approximate surface area is 246 Å². The molecule has 1 aliphatic rings. The van der Waals surface area contributed by atoms with Gasteiger partial charge in [-0.25, -0.2) is 0 Å². The average molecular weight is 612 g/mol. The van der Waals surface area contributed by atoms with E-state index in [-0.39, 0.29) is 12.6 Å². The molecule has 0 radical (unpaired) electrons. The third-order valence-corrected chi connectivity index (χ3v) is 7.31. The second kappa shape index (κ2) is 13.4. The van der Waals surface area contributed by atoms with E-state index in [1.165, 1.54) is 4.90 Å². The number of H-pyrrole nitrogens is 1. The number of nitrogens with zero attached hydrogens (tertiary/aromatic N) is 4. The number of oxime groups is 1. The number of carbonyl (C=O) groups is 1. The number of para-hydroxylation sites is 1. The first-order chi connectivity index (χ1) is 20.2. The van der Waals surface area contributed by atoms with Crippen molar-refractivity contribution in [2.75, 3.05) is 53.4 Å². The number of piperazine rings is 1. The number of hydrogen-bond donors (Lipinski definition) is 1. The molecule has 234 valence electrons. The zero-order valence-electron chi connectivity index (χ0n) is 24.2. The first kappa shape index (κ1) is 32.3. The van der Waals surface area contributed by atoms with Gasteiger partial charge < -0.3 is 19.6 Å². The summed E-state index contributed by atoms with van der Waals surface area (Å²) in [5.41, 5.74) is -1.21. The van der Waals surface area contributed by atoms with Crippen molar-refractivity contribution >= 4 is 22.5 Å². The number of amides is 1. The maximum Gasteiger partial charge on any atom is 0.416 e. The van der Waals surface area contributed by atoms with Gasteiger partial charge in [-0.2, -0.15) is 26.3 Å². The second-order valence-corrected chi connectivity index (χ2v) is 11.1. The van der Waals surface area contributed by atoms with E-state index in [0.29, 0.717) is 50.5 Å². The summed E-state index contributed by atoms with van der Waals surface area (Å²) in [6.45, 7) is 4.37. The van der Waals surface area contributed by atoms with E-state index in [1.54, 1.807) is 0 Å². The maximum atomic E-state index is 13.7. The van der Waals surface area contributed by atoms with Crippen molar-refractivity contribution in [2.45, 2.75) is 38.2 Å². The smallest absolute Gasteiger partial charge is 0.396 e. The van der Waals surface area contributed by atoms with Crippen LogP contribution in [0.2, 0.25) is 0 Å². The molecular weight excluding hydrogens is 576 g/mol. The fraction of sp³-hybridized carbons (Fsp3) is 0.467. The molecule has 1 N–H and O–H groups in total. The molecule has 13 heteroatoms. The molecule has 3 aromatic rings. The lowest BCUT2D eigenvalue weighted by Crippen LogP contribution is -2.56. The van der Waals surface area contributed by atoms with Crippen molar-refractivity contribution in [3.05, 3.63) is 70.9 Å². The second-order valence-electron chi connectivity index (χ2n) is 11.1. The first-order valence-electron chi connectivity index (χ1n) is 13.9. The number of benzene rings is 2. The van der Waals surface area contributed by atoms with Crippen LogP contribution in [0.3, 0.4) is 0 Å². The van der Waals surface area contributed by atoms with Gasteiger partial charge in [-0.1, -0.05) is 23.4 Å². The van der Waals surface area contributed by atoms with Gasteiger partial charge in [0, 0.05) is 61.4 Å². The fourth-order valence-electron chi connectivity index (χ4n) is 5.26. The van der Waals surface area contributed by atoms with Gasteiger partial charge >= 0.3 is 12.4 Å².